The van der Waals surface area contributed by atoms with E-state index in [-0.39, 0.29) is 13.2 Å². The second-order valence-corrected chi connectivity index (χ2v) is 3.14. The SMILES string of the molecule is Cc1ccc(OC[C@@H](O)CNO)cc1. The number of benzene rings is 1. The molecule has 0 bridgehead atoms. The topological polar surface area (TPSA) is 61.7 Å². The smallest absolute Gasteiger partial charge is 0.119 e. The van der Waals surface area contributed by atoms with Crippen molar-refractivity contribution in [2.45, 2.75) is 13.0 Å². The summed E-state index contributed by atoms with van der Waals surface area (Å²) in [6.07, 6.45) is -0.707. The van der Waals surface area contributed by atoms with Gasteiger partial charge in [-0.25, -0.2) is 5.48 Å². The summed E-state index contributed by atoms with van der Waals surface area (Å²) >= 11 is 0. The van der Waals surface area contributed by atoms with Crippen molar-refractivity contribution in [3.8, 4) is 5.75 Å². The lowest BCUT2D eigenvalue weighted by atomic mass is 10.2. The molecule has 0 amide bonds. The third-order valence-corrected chi connectivity index (χ3v) is 1.79. The van der Waals surface area contributed by atoms with E-state index >= 15 is 0 Å². The first-order valence-corrected chi connectivity index (χ1v) is 4.47. The van der Waals surface area contributed by atoms with Crippen molar-refractivity contribution < 1.29 is 15.1 Å². The van der Waals surface area contributed by atoms with Gasteiger partial charge in [0.1, 0.15) is 18.5 Å². The minimum Gasteiger partial charge on any atom is -0.491 e. The highest BCUT2D eigenvalue weighted by molar-refractivity contribution is 5.26. The number of aryl methyl sites for hydroxylation is 1. The molecule has 3 N–H and O–H groups in total. The zero-order valence-corrected chi connectivity index (χ0v) is 8.10. The van der Waals surface area contributed by atoms with Gasteiger partial charge < -0.3 is 15.1 Å². The van der Waals surface area contributed by atoms with Crippen LogP contribution in [0.4, 0.5) is 0 Å². The zero-order chi connectivity index (χ0) is 10.4. The summed E-state index contributed by atoms with van der Waals surface area (Å²) in [5.41, 5.74) is 3.04. The molecule has 0 aliphatic heterocycles. The molecule has 0 aliphatic rings. The van der Waals surface area contributed by atoms with Gasteiger partial charge in [0.2, 0.25) is 0 Å². The van der Waals surface area contributed by atoms with Crippen molar-refractivity contribution in [1.29, 1.82) is 0 Å². The minimum absolute atomic E-state index is 0.103. The van der Waals surface area contributed by atoms with Crippen molar-refractivity contribution in [2.75, 3.05) is 13.2 Å². The molecule has 0 saturated carbocycles. The first kappa shape index (κ1) is 11.0. The van der Waals surface area contributed by atoms with Gasteiger partial charge in [-0.3, -0.25) is 0 Å². The Balaban J connectivity index is 2.34. The normalized spacial score (nSPS) is 12.5. The number of hydrogen-bond donors (Lipinski definition) is 3. The van der Waals surface area contributed by atoms with Crippen LogP contribution >= 0.6 is 0 Å². The largest absolute Gasteiger partial charge is 0.491 e. The number of aliphatic hydroxyl groups excluding tert-OH is 1. The third kappa shape index (κ3) is 3.74. The molecule has 78 valence electrons. The fourth-order valence-corrected chi connectivity index (χ4v) is 0.991. The molecule has 14 heavy (non-hydrogen) atoms. The van der Waals surface area contributed by atoms with Crippen LogP contribution < -0.4 is 10.2 Å². The highest BCUT2D eigenvalue weighted by atomic mass is 16.5. The summed E-state index contributed by atoms with van der Waals surface area (Å²) in [6, 6.07) is 7.56. The van der Waals surface area contributed by atoms with Crippen LogP contribution in [0, 0.1) is 6.92 Å². The molecule has 4 heteroatoms. The highest BCUT2D eigenvalue weighted by Crippen LogP contribution is 2.11. The van der Waals surface area contributed by atoms with Gasteiger partial charge in [-0.2, -0.15) is 0 Å². The first-order valence-electron chi connectivity index (χ1n) is 4.47. The fourth-order valence-electron chi connectivity index (χ4n) is 0.991. The van der Waals surface area contributed by atoms with Crippen molar-refractivity contribution >= 4 is 0 Å². The molecule has 1 aromatic rings. The molecule has 0 spiro atoms. The van der Waals surface area contributed by atoms with Crippen LogP contribution in [-0.2, 0) is 0 Å². The van der Waals surface area contributed by atoms with Crippen molar-refractivity contribution in [2.24, 2.45) is 0 Å². The van der Waals surface area contributed by atoms with Crippen LogP contribution in [0.2, 0.25) is 0 Å². The number of ether oxygens (including phenoxy) is 1. The maximum absolute atomic E-state index is 9.22. The number of aliphatic hydroxyl groups is 1. The molecule has 0 heterocycles. The molecule has 0 fully saturated rings. The van der Waals surface area contributed by atoms with Gasteiger partial charge in [0.15, 0.2) is 0 Å². The quantitative estimate of drug-likeness (QED) is 0.608. The predicted molar refractivity (Wildman–Crippen MR) is 52.5 cm³/mol. The van der Waals surface area contributed by atoms with Gasteiger partial charge >= 0.3 is 0 Å². The van der Waals surface area contributed by atoms with E-state index in [4.69, 9.17) is 9.94 Å². The zero-order valence-electron chi connectivity index (χ0n) is 8.10. The molecule has 0 unspecified atom stereocenters. The van der Waals surface area contributed by atoms with E-state index in [2.05, 4.69) is 0 Å². The van der Waals surface area contributed by atoms with Gasteiger partial charge in [0, 0.05) is 0 Å². The average Bonchev–Trinajstić information content (AvgIpc) is 2.17. The monoisotopic (exact) mass is 197 g/mol. The van der Waals surface area contributed by atoms with E-state index in [9.17, 15) is 5.11 Å². The molecule has 1 atom stereocenters. The Morgan fingerprint density at radius 1 is 1.36 bits per heavy atom. The summed E-state index contributed by atoms with van der Waals surface area (Å²) < 4.78 is 5.27. The Bertz CT molecular complexity index is 261. The molecular formula is C10H15NO3. The Labute approximate surface area is 83.1 Å². The second-order valence-electron chi connectivity index (χ2n) is 3.14. The predicted octanol–water partition coefficient (Wildman–Crippen LogP) is 0.714. The lowest BCUT2D eigenvalue weighted by molar-refractivity contribution is 0.0601. The standard InChI is InChI=1S/C10H15NO3/c1-8-2-4-10(5-3-8)14-7-9(12)6-11-13/h2-5,9,11-13H,6-7H2,1H3/t9-/m0/s1. The maximum atomic E-state index is 9.22. The number of rotatable bonds is 5. The summed E-state index contributed by atoms with van der Waals surface area (Å²) in [5.74, 6) is 0.715. The van der Waals surface area contributed by atoms with Crippen LogP contribution in [0.1, 0.15) is 5.56 Å². The molecular weight excluding hydrogens is 182 g/mol. The lowest BCUT2D eigenvalue weighted by Crippen LogP contribution is -2.29. The summed E-state index contributed by atoms with van der Waals surface area (Å²) in [6.45, 7) is 2.26. The lowest BCUT2D eigenvalue weighted by Gasteiger charge is -2.11. The molecule has 0 saturated heterocycles. The Kier molecular flexibility index (Phi) is 4.39. The summed E-state index contributed by atoms with van der Waals surface area (Å²) in [7, 11) is 0. The van der Waals surface area contributed by atoms with Gasteiger partial charge in [-0.05, 0) is 19.1 Å². The summed E-state index contributed by atoms with van der Waals surface area (Å²) in [5, 5.41) is 17.5. The third-order valence-electron chi connectivity index (χ3n) is 1.79. The Hall–Kier alpha value is -1.10. The molecule has 1 aromatic carbocycles. The molecule has 0 radical (unpaired) electrons. The number of nitrogens with one attached hydrogen (secondary N) is 1. The number of hydroxylamine groups is 1. The van der Waals surface area contributed by atoms with Gasteiger partial charge in [-0.15, -0.1) is 0 Å². The van der Waals surface area contributed by atoms with Crippen LogP contribution in [0.3, 0.4) is 0 Å². The van der Waals surface area contributed by atoms with Crippen LogP contribution in [-0.4, -0.2) is 29.6 Å². The fraction of sp³-hybridized carbons (Fsp3) is 0.400. The van der Waals surface area contributed by atoms with Crippen molar-refractivity contribution in [3.05, 3.63) is 29.8 Å². The van der Waals surface area contributed by atoms with E-state index in [1.54, 1.807) is 0 Å². The molecule has 0 aliphatic carbocycles. The Morgan fingerprint density at radius 3 is 2.57 bits per heavy atom. The van der Waals surface area contributed by atoms with Crippen LogP contribution in [0.25, 0.3) is 0 Å². The second kappa shape index (κ2) is 5.59. The first-order chi connectivity index (χ1) is 6.72. The van der Waals surface area contributed by atoms with Gasteiger partial charge in [-0.1, -0.05) is 17.7 Å². The minimum atomic E-state index is -0.707. The summed E-state index contributed by atoms with van der Waals surface area (Å²) in [4.78, 5) is 0. The molecule has 1 rings (SSSR count). The van der Waals surface area contributed by atoms with Crippen LogP contribution in [0.5, 0.6) is 5.75 Å². The maximum Gasteiger partial charge on any atom is 0.119 e. The van der Waals surface area contributed by atoms with Crippen molar-refractivity contribution in [3.63, 3.8) is 0 Å². The van der Waals surface area contributed by atoms with Gasteiger partial charge in [0.25, 0.3) is 0 Å². The Morgan fingerprint density at radius 2 is 2.00 bits per heavy atom. The van der Waals surface area contributed by atoms with Crippen LogP contribution in [0.15, 0.2) is 24.3 Å². The van der Waals surface area contributed by atoms with E-state index in [1.807, 2.05) is 36.7 Å². The van der Waals surface area contributed by atoms with E-state index < -0.39 is 6.10 Å². The van der Waals surface area contributed by atoms with Crippen molar-refractivity contribution in [1.82, 2.24) is 5.48 Å². The molecule has 0 aromatic heterocycles. The molecule has 4 nitrogen and oxygen atoms in total. The average molecular weight is 197 g/mol. The number of hydrogen-bond acceptors (Lipinski definition) is 4. The van der Waals surface area contributed by atoms with E-state index in [0.29, 0.717) is 5.75 Å². The van der Waals surface area contributed by atoms with E-state index in [1.165, 1.54) is 0 Å². The van der Waals surface area contributed by atoms with Gasteiger partial charge in [0.05, 0.1) is 6.54 Å². The highest BCUT2D eigenvalue weighted by Gasteiger charge is 2.03. The van der Waals surface area contributed by atoms with E-state index in [0.717, 1.165) is 5.56 Å².